The van der Waals surface area contributed by atoms with Gasteiger partial charge in [-0.15, -0.1) is 11.8 Å². The van der Waals surface area contributed by atoms with Crippen LogP contribution < -0.4 is 10.6 Å². The summed E-state index contributed by atoms with van der Waals surface area (Å²) in [6.07, 6.45) is 3.83. The Hall–Kier alpha value is -1.47. The van der Waals surface area contributed by atoms with Crippen LogP contribution in [0.1, 0.15) is 26.3 Å². The van der Waals surface area contributed by atoms with Crippen LogP contribution in [0.3, 0.4) is 0 Å². The highest BCUT2D eigenvalue weighted by Crippen LogP contribution is 2.32. The molecule has 5 nitrogen and oxygen atoms in total. The van der Waals surface area contributed by atoms with Crippen molar-refractivity contribution >= 4 is 33.7 Å². The van der Waals surface area contributed by atoms with Gasteiger partial charge in [-0.25, -0.2) is 4.99 Å². The molecule has 2 rings (SSSR count). The molecule has 0 spiro atoms. The molecule has 0 aliphatic heterocycles. The summed E-state index contributed by atoms with van der Waals surface area (Å²) < 4.78 is 2.94. The molecule has 25 heavy (non-hydrogen) atoms. The van der Waals surface area contributed by atoms with Gasteiger partial charge in [0.05, 0.1) is 12.7 Å². The highest BCUT2D eigenvalue weighted by Gasteiger charge is 2.20. The standard InChI is InChI=1S/C18H26BrN5S/c1-5-20-17(21-10-14-11-23-24(4)12-14)22-13-18(2,3)25-16-8-6-15(19)7-9-16/h6-9,11-12H,5,10,13H2,1-4H3,(H2,20,21,22). The van der Waals surface area contributed by atoms with E-state index in [9.17, 15) is 0 Å². The Bertz CT molecular complexity index is 694. The Labute approximate surface area is 162 Å². The van der Waals surface area contributed by atoms with E-state index < -0.39 is 0 Å². The van der Waals surface area contributed by atoms with Gasteiger partial charge >= 0.3 is 0 Å². The van der Waals surface area contributed by atoms with Crippen molar-refractivity contribution in [1.29, 1.82) is 0 Å². The van der Waals surface area contributed by atoms with Crippen molar-refractivity contribution in [3.8, 4) is 0 Å². The van der Waals surface area contributed by atoms with Gasteiger partial charge in [0, 0.05) is 46.0 Å². The third-order valence-corrected chi connectivity index (χ3v) is 5.15. The average Bonchev–Trinajstić information content (AvgIpc) is 2.98. The van der Waals surface area contributed by atoms with E-state index in [2.05, 4.69) is 81.7 Å². The highest BCUT2D eigenvalue weighted by atomic mass is 79.9. The van der Waals surface area contributed by atoms with E-state index in [4.69, 9.17) is 0 Å². The quantitative estimate of drug-likeness (QED) is 0.403. The zero-order valence-corrected chi connectivity index (χ0v) is 17.6. The molecule has 1 aromatic heterocycles. The smallest absolute Gasteiger partial charge is 0.191 e. The maximum Gasteiger partial charge on any atom is 0.191 e. The Morgan fingerprint density at radius 3 is 2.60 bits per heavy atom. The lowest BCUT2D eigenvalue weighted by Gasteiger charge is -2.25. The number of hydrogen-bond donors (Lipinski definition) is 2. The summed E-state index contributed by atoms with van der Waals surface area (Å²) in [5.74, 6) is 0.829. The predicted molar refractivity (Wildman–Crippen MR) is 110 cm³/mol. The second-order valence-corrected chi connectivity index (χ2v) is 9.08. The van der Waals surface area contributed by atoms with Gasteiger partial charge < -0.3 is 10.6 Å². The Balaban J connectivity index is 1.92. The lowest BCUT2D eigenvalue weighted by atomic mass is 10.2. The van der Waals surface area contributed by atoms with Gasteiger partial charge in [0.15, 0.2) is 5.96 Å². The molecule has 0 amide bonds. The van der Waals surface area contributed by atoms with Crippen LogP contribution in [0.25, 0.3) is 0 Å². The lowest BCUT2D eigenvalue weighted by Crippen LogP contribution is -2.43. The molecule has 2 aromatic rings. The molecule has 7 heteroatoms. The molecule has 0 atom stereocenters. The van der Waals surface area contributed by atoms with Gasteiger partial charge in [-0.2, -0.15) is 5.10 Å². The molecular formula is C18H26BrN5S. The second-order valence-electron chi connectivity index (χ2n) is 6.39. The van der Waals surface area contributed by atoms with E-state index in [0.717, 1.165) is 29.1 Å². The van der Waals surface area contributed by atoms with Gasteiger partial charge in [0.25, 0.3) is 0 Å². The van der Waals surface area contributed by atoms with Crippen LogP contribution in [0.4, 0.5) is 0 Å². The normalized spacial score (nSPS) is 12.3. The van der Waals surface area contributed by atoms with Crippen LogP contribution in [0, 0.1) is 0 Å². The van der Waals surface area contributed by atoms with Crippen LogP contribution >= 0.6 is 27.7 Å². The number of thioether (sulfide) groups is 1. The fourth-order valence-corrected chi connectivity index (χ4v) is 3.54. The number of hydrogen-bond acceptors (Lipinski definition) is 3. The van der Waals surface area contributed by atoms with Crippen LogP contribution in [0.2, 0.25) is 0 Å². The lowest BCUT2D eigenvalue weighted by molar-refractivity contribution is 0.663. The zero-order valence-electron chi connectivity index (χ0n) is 15.2. The number of benzene rings is 1. The third-order valence-electron chi connectivity index (χ3n) is 3.41. The summed E-state index contributed by atoms with van der Waals surface area (Å²) in [6.45, 7) is 8.80. The summed E-state index contributed by atoms with van der Waals surface area (Å²) in [4.78, 5) is 5.90. The van der Waals surface area contributed by atoms with E-state index in [1.807, 2.05) is 31.2 Å². The molecule has 136 valence electrons. The molecule has 0 radical (unpaired) electrons. The summed E-state index contributed by atoms with van der Waals surface area (Å²) in [5, 5.41) is 10.9. The van der Waals surface area contributed by atoms with Gasteiger partial charge in [-0.1, -0.05) is 15.9 Å². The minimum atomic E-state index is 0.0400. The van der Waals surface area contributed by atoms with Crippen molar-refractivity contribution in [2.45, 2.75) is 37.0 Å². The second kappa shape index (κ2) is 9.29. The first kappa shape index (κ1) is 19.8. The van der Waals surface area contributed by atoms with Gasteiger partial charge in [-0.3, -0.25) is 4.68 Å². The molecule has 2 N–H and O–H groups in total. The van der Waals surface area contributed by atoms with Crippen LogP contribution in [0.5, 0.6) is 0 Å². The molecule has 1 aromatic carbocycles. The molecule has 0 aliphatic carbocycles. The highest BCUT2D eigenvalue weighted by molar-refractivity contribution is 9.10. The number of halogens is 1. The van der Waals surface area contributed by atoms with E-state index in [-0.39, 0.29) is 4.75 Å². The summed E-state index contributed by atoms with van der Waals surface area (Å²) in [7, 11) is 1.92. The first-order chi connectivity index (χ1) is 11.9. The Kier molecular flexibility index (Phi) is 7.38. The minimum Gasteiger partial charge on any atom is -0.357 e. The van der Waals surface area contributed by atoms with Crippen molar-refractivity contribution in [1.82, 2.24) is 20.4 Å². The number of nitrogens with one attached hydrogen (secondary N) is 2. The van der Waals surface area contributed by atoms with Crippen molar-refractivity contribution in [3.05, 3.63) is 46.7 Å². The molecule has 0 fully saturated rings. The van der Waals surface area contributed by atoms with Crippen LogP contribution in [-0.2, 0) is 13.6 Å². The van der Waals surface area contributed by atoms with E-state index in [1.54, 1.807) is 4.68 Å². The van der Waals surface area contributed by atoms with E-state index in [1.165, 1.54) is 4.90 Å². The SMILES string of the molecule is CCNC(=NCc1cnn(C)c1)NCC(C)(C)Sc1ccc(Br)cc1. The van der Waals surface area contributed by atoms with E-state index in [0.29, 0.717) is 6.54 Å². The first-order valence-corrected chi connectivity index (χ1v) is 9.93. The molecule has 0 saturated carbocycles. The van der Waals surface area contributed by atoms with Gasteiger partial charge in [-0.05, 0) is 45.0 Å². The predicted octanol–water partition coefficient (Wildman–Crippen LogP) is 3.81. The molecule has 0 aliphatic rings. The maximum absolute atomic E-state index is 4.64. The number of aliphatic imine (C=N–C) groups is 1. The summed E-state index contributed by atoms with van der Waals surface area (Å²) >= 11 is 5.33. The summed E-state index contributed by atoms with van der Waals surface area (Å²) in [6, 6.07) is 8.42. The zero-order chi connectivity index (χ0) is 18.3. The number of nitrogens with zero attached hydrogens (tertiary/aromatic N) is 3. The Morgan fingerprint density at radius 1 is 1.28 bits per heavy atom. The summed E-state index contributed by atoms with van der Waals surface area (Å²) in [5.41, 5.74) is 1.10. The first-order valence-electron chi connectivity index (χ1n) is 8.32. The van der Waals surface area contributed by atoms with E-state index >= 15 is 0 Å². The number of aryl methyl sites for hydroxylation is 1. The maximum atomic E-state index is 4.64. The monoisotopic (exact) mass is 423 g/mol. The fourth-order valence-electron chi connectivity index (χ4n) is 2.22. The topological polar surface area (TPSA) is 54.2 Å². The van der Waals surface area contributed by atoms with Crippen molar-refractivity contribution in [3.63, 3.8) is 0 Å². The minimum absolute atomic E-state index is 0.0400. The number of aromatic nitrogens is 2. The molecule has 0 saturated heterocycles. The van der Waals surface area contributed by atoms with Crippen LogP contribution in [-0.4, -0.2) is 33.6 Å². The molecular weight excluding hydrogens is 398 g/mol. The number of guanidine groups is 1. The van der Waals surface area contributed by atoms with Gasteiger partial charge in [0.2, 0.25) is 0 Å². The van der Waals surface area contributed by atoms with Crippen molar-refractivity contribution in [2.75, 3.05) is 13.1 Å². The van der Waals surface area contributed by atoms with Gasteiger partial charge in [0.1, 0.15) is 0 Å². The molecule has 0 bridgehead atoms. The van der Waals surface area contributed by atoms with Crippen LogP contribution in [0.15, 0.2) is 51.0 Å². The van der Waals surface area contributed by atoms with Crippen molar-refractivity contribution < 1.29 is 0 Å². The third kappa shape index (κ3) is 7.12. The average molecular weight is 424 g/mol. The Morgan fingerprint density at radius 2 is 2.00 bits per heavy atom. The fraction of sp³-hybridized carbons (Fsp3) is 0.444. The van der Waals surface area contributed by atoms with Crippen molar-refractivity contribution in [2.24, 2.45) is 12.0 Å². The molecule has 1 heterocycles. The molecule has 0 unspecified atom stereocenters. The number of rotatable bonds is 7. The largest absolute Gasteiger partial charge is 0.357 e.